The summed E-state index contributed by atoms with van der Waals surface area (Å²) in [7, 11) is -0.568. The molecule has 0 amide bonds. The van der Waals surface area contributed by atoms with E-state index in [1.54, 1.807) is 13.8 Å². The second-order valence-electron chi connectivity index (χ2n) is 5.20. The third kappa shape index (κ3) is 2.15. The fourth-order valence-electron chi connectivity index (χ4n) is 1.37. The van der Waals surface area contributed by atoms with Crippen LogP contribution >= 0.6 is 0 Å². The standard InChI is InChI=1S/C11H19BO4/c1-7(9(13)14)8(2)12-15-10(3,4)11(5,6)16-12/h1-6H3,(H,13,14)/b8-7+. The van der Waals surface area contributed by atoms with E-state index in [4.69, 9.17) is 14.4 Å². The Morgan fingerprint density at radius 3 is 1.75 bits per heavy atom. The van der Waals surface area contributed by atoms with Crippen molar-refractivity contribution in [2.24, 2.45) is 0 Å². The number of rotatable bonds is 2. The van der Waals surface area contributed by atoms with Crippen molar-refractivity contribution in [2.45, 2.75) is 52.7 Å². The minimum Gasteiger partial charge on any atom is -0.478 e. The maximum Gasteiger partial charge on any atom is 0.490 e. The monoisotopic (exact) mass is 226 g/mol. The molecule has 0 spiro atoms. The SMILES string of the molecule is C/C(B1OC(C)(C)C(C)(C)O1)=C(/C)C(=O)O. The average molecular weight is 226 g/mol. The van der Waals surface area contributed by atoms with E-state index in [1.165, 1.54) is 0 Å². The van der Waals surface area contributed by atoms with Gasteiger partial charge in [-0.25, -0.2) is 4.79 Å². The van der Waals surface area contributed by atoms with E-state index in [0.29, 0.717) is 5.47 Å². The Hall–Kier alpha value is -0.805. The molecule has 1 aliphatic heterocycles. The smallest absolute Gasteiger partial charge is 0.478 e. The van der Waals surface area contributed by atoms with Gasteiger partial charge in [-0.05, 0) is 47.0 Å². The van der Waals surface area contributed by atoms with Crippen LogP contribution in [0.5, 0.6) is 0 Å². The first-order valence-electron chi connectivity index (χ1n) is 5.35. The minimum absolute atomic E-state index is 0.276. The summed E-state index contributed by atoms with van der Waals surface area (Å²) in [5, 5.41) is 8.90. The lowest BCUT2D eigenvalue weighted by Gasteiger charge is -2.32. The molecule has 0 atom stereocenters. The van der Waals surface area contributed by atoms with Crippen LogP contribution in [0.25, 0.3) is 0 Å². The predicted octanol–water partition coefficient (Wildman–Crippen LogP) is 2.04. The molecule has 1 heterocycles. The summed E-state index contributed by atoms with van der Waals surface area (Å²) in [6.45, 7) is 11.0. The molecule has 0 aliphatic carbocycles. The molecule has 1 rings (SSSR count). The molecule has 0 bridgehead atoms. The van der Waals surface area contributed by atoms with Crippen LogP contribution in [0.2, 0.25) is 0 Å². The minimum atomic E-state index is -0.938. The van der Waals surface area contributed by atoms with Gasteiger partial charge in [-0.15, -0.1) is 0 Å². The largest absolute Gasteiger partial charge is 0.490 e. The Labute approximate surface area is 96.8 Å². The molecule has 0 aromatic carbocycles. The molecule has 1 fully saturated rings. The third-order valence-electron chi connectivity index (χ3n) is 3.52. The highest BCUT2D eigenvalue weighted by Crippen LogP contribution is 2.38. The van der Waals surface area contributed by atoms with Crippen LogP contribution in [-0.4, -0.2) is 29.4 Å². The molecule has 16 heavy (non-hydrogen) atoms. The Kier molecular flexibility index (Phi) is 3.23. The fourth-order valence-corrected chi connectivity index (χ4v) is 1.37. The second kappa shape index (κ2) is 3.89. The molecule has 4 nitrogen and oxygen atoms in total. The van der Waals surface area contributed by atoms with Crippen LogP contribution in [0, 0.1) is 0 Å². The first kappa shape index (κ1) is 13.3. The summed E-state index contributed by atoms with van der Waals surface area (Å²) in [6.07, 6.45) is 0. The molecule has 0 unspecified atom stereocenters. The Bertz CT molecular complexity index is 328. The van der Waals surface area contributed by atoms with Crippen LogP contribution in [0.4, 0.5) is 0 Å². The molecule has 0 aromatic rings. The van der Waals surface area contributed by atoms with Gasteiger partial charge in [-0.1, -0.05) is 0 Å². The topological polar surface area (TPSA) is 55.8 Å². The van der Waals surface area contributed by atoms with E-state index in [-0.39, 0.29) is 5.57 Å². The number of hydrogen-bond donors (Lipinski definition) is 1. The first-order valence-corrected chi connectivity index (χ1v) is 5.35. The van der Waals surface area contributed by atoms with Gasteiger partial charge in [-0.3, -0.25) is 0 Å². The number of carbonyl (C=O) groups is 1. The highest BCUT2D eigenvalue weighted by Gasteiger charge is 2.52. The van der Waals surface area contributed by atoms with E-state index in [2.05, 4.69) is 0 Å². The Morgan fingerprint density at radius 2 is 1.44 bits per heavy atom. The number of allylic oxidation sites excluding steroid dienone is 1. The van der Waals surface area contributed by atoms with E-state index < -0.39 is 24.3 Å². The summed E-state index contributed by atoms with van der Waals surface area (Å²) in [6, 6.07) is 0. The Morgan fingerprint density at radius 1 is 1.06 bits per heavy atom. The molecule has 90 valence electrons. The number of aliphatic carboxylic acids is 1. The van der Waals surface area contributed by atoms with Gasteiger partial charge in [0.15, 0.2) is 0 Å². The molecule has 1 aliphatic rings. The molecule has 0 saturated carbocycles. The Balaban J connectivity index is 2.97. The summed E-state index contributed by atoms with van der Waals surface area (Å²) < 4.78 is 11.5. The van der Waals surface area contributed by atoms with Crippen molar-refractivity contribution in [3.8, 4) is 0 Å². The van der Waals surface area contributed by atoms with Crippen LogP contribution in [0.15, 0.2) is 11.0 Å². The number of carboxylic acid groups (broad SMARTS) is 1. The van der Waals surface area contributed by atoms with Crippen molar-refractivity contribution < 1.29 is 19.2 Å². The van der Waals surface area contributed by atoms with Crippen LogP contribution < -0.4 is 0 Å². The van der Waals surface area contributed by atoms with E-state index >= 15 is 0 Å². The number of carboxylic acids is 1. The van der Waals surface area contributed by atoms with E-state index in [9.17, 15) is 4.79 Å². The quantitative estimate of drug-likeness (QED) is 0.578. The summed E-state index contributed by atoms with van der Waals surface area (Å²) in [5.74, 6) is -0.938. The summed E-state index contributed by atoms with van der Waals surface area (Å²) in [5.41, 5.74) is 0.0275. The lowest BCUT2D eigenvalue weighted by Crippen LogP contribution is -2.41. The summed E-state index contributed by atoms with van der Waals surface area (Å²) in [4.78, 5) is 10.9. The molecular weight excluding hydrogens is 207 g/mol. The van der Waals surface area contributed by atoms with Gasteiger partial charge in [0, 0.05) is 5.57 Å². The lowest BCUT2D eigenvalue weighted by atomic mass is 9.76. The fraction of sp³-hybridized carbons (Fsp3) is 0.727. The number of hydrogen-bond acceptors (Lipinski definition) is 3. The van der Waals surface area contributed by atoms with Gasteiger partial charge >= 0.3 is 13.1 Å². The van der Waals surface area contributed by atoms with Crippen LogP contribution in [0.1, 0.15) is 41.5 Å². The van der Waals surface area contributed by atoms with Crippen molar-refractivity contribution >= 4 is 13.1 Å². The van der Waals surface area contributed by atoms with Crippen molar-refractivity contribution in [1.29, 1.82) is 0 Å². The maximum atomic E-state index is 10.9. The molecule has 5 heteroatoms. The summed E-state index contributed by atoms with van der Waals surface area (Å²) >= 11 is 0. The van der Waals surface area contributed by atoms with Gasteiger partial charge < -0.3 is 14.4 Å². The van der Waals surface area contributed by atoms with Crippen molar-refractivity contribution in [3.63, 3.8) is 0 Å². The van der Waals surface area contributed by atoms with Crippen LogP contribution in [-0.2, 0) is 14.1 Å². The second-order valence-corrected chi connectivity index (χ2v) is 5.20. The predicted molar refractivity (Wildman–Crippen MR) is 62.1 cm³/mol. The highest BCUT2D eigenvalue weighted by atomic mass is 16.7. The normalized spacial score (nSPS) is 24.2. The lowest BCUT2D eigenvalue weighted by molar-refractivity contribution is -0.132. The van der Waals surface area contributed by atoms with Gasteiger partial charge in [0.2, 0.25) is 0 Å². The molecule has 1 N–H and O–H groups in total. The van der Waals surface area contributed by atoms with Crippen LogP contribution in [0.3, 0.4) is 0 Å². The van der Waals surface area contributed by atoms with Gasteiger partial charge in [0.1, 0.15) is 0 Å². The maximum absolute atomic E-state index is 10.9. The molecular formula is C11H19BO4. The molecule has 0 radical (unpaired) electrons. The first-order chi connectivity index (χ1) is 7.08. The average Bonchev–Trinajstić information content (AvgIpc) is 2.33. The van der Waals surface area contributed by atoms with Crippen molar-refractivity contribution in [3.05, 3.63) is 11.0 Å². The third-order valence-corrected chi connectivity index (χ3v) is 3.52. The van der Waals surface area contributed by atoms with E-state index in [0.717, 1.165) is 0 Å². The highest BCUT2D eigenvalue weighted by molar-refractivity contribution is 6.55. The zero-order valence-electron chi connectivity index (χ0n) is 10.7. The van der Waals surface area contributed by atoms with Gasteiger partial charge in [0.05, 0.1) is 11.2 Å². The molecule has 1 saturated heterocycles. The van der Waals surface area contributed by atoms with Gasteiger partial charge in [-0.2, -0.15) is 0 Å². The van der Waals surface area contributed by atoms with Gasteiger partial charge in [0.25, 0.3) is 0 Å². The van der Waals surface area contributed by atoms with Crippen molar-refractivity contribution in [1.82, 2.24) is 0 Å². The molecule has 0 aromatic heterocycles. The zero-order valence-corrected chi connectivity index (χ0v) is 10.7. The zero-order chi connectivity index (χ0) is 12.7. The van der Waals surface area contributed by atoms with Crippen molar-refractivity contribution in [2.75, 3.05) is 0 Å². The van der Waals surface area contributed by atoms with E-state index in [1.807, 2.05) is 27.7 Å².